The number of benzene rings is 2. The second-order valence-corrected chi connectivity index (χ2v) is 8.54. The number of nitrogens with zero attached hydrogens (tertiary/aromatic N) is 2. The Morgan fingerprint density at radius 1 is 1.06 bits per heavy atom. The molecular weight excluding hydrogens is 464 g/mol. The number of rotatable bonds is 11. The van der Waals surface area contributed by atoms with Crippen LogP contribution in [0.5, 0.6) is 5.75 Å². The van der Waals surface area contributed by atoms with Crippen molar-refractivity contribution in [1.82, 2.24) is 15.2 Å². The molecule has 0 aliphatic carbocycles. The summed E-state index contributed by atoms with van der Waals surface area (Å²) in [5.74, 6) is 0.955. The van der Waals surface area contributed by atoms with Crippen LogP contribution in [0.3, 0.4) is 0 Å². The van der Waals surface area contributed by atoms with Crippen molar-refractivity contribution in [3.63, 3.8) is 0 Å². The normalized spacial score (nSPS) is 10.5. The standard InChI is InChI=1S/C26H26N4O4S/c1-33-23-12-6-5-11-21(23)28-26-29-22(18-35-26)25(32)30(17-19-8-3-2-4-9-19)14-13-24(31)27-16-20-10-7-15-34-20/h2-12,15,18H,13-14,16-17H2,1H3,(H,27,31)(H,28,29). The number of carbonyl (C=O) groups excluding carboxylic acids is 2. The van der Waals surface area contributed by atoms with E-state index < -0.39 is 0 Å². The molecule has 2 amide bonds. The molecule has 0 atom stereocenters. The molecule has 9 heteroatoms. The highest BCUT2D eigenvalue weighted by Gasteiger charge is 2.21. The summed E-state index contributed by atoms with van der Waals surface area (Å²) in [5, 5.41) is 8.32. The number of methoxy groups -OCH3 is 1. The van der Waals surface area contributed by atoms with Crippen LogP contribution in [-0.4, -0.2) is 35.4 Å². The summed E-state index contributed by atoms with van der Waals surface area (Å²) >= 11 is 1.33. The van der Waals surface area contributed by atoms with Crippen molar-refractivity contribution in [2.45, 2.75) is 19.5 Å². The van der Waals surface area contributed by atoms with Gasteiger partial charge in [-0.1, -0.05) is 42.5 Å². The maximum atomic E-state index is 13.4. The largest absolute Gasteiger partial charge is 0.495 e. The fourth-order valence-electron chi connectivity index (χ4n) is 3.43. The lowest BCUT2D eigenvalue weighted by molar-refractivity contribution is -0.121. The quantitative estimate of drug-likeness (QED) is 0.312. The highest BCUT2D eigenvalue weighted by atomic mass is 32.1. The minimum absolute atomic E-state index is 0.162. The third-order valence-corrected chi connectivity index (χ3v) is 5.98. The monoisotopic (exact) mass is 490 g/mol. The molecule has 4 aromatic rings. The summed E-state index contributed by atoms with van der Waals surface area (Å²) in [5.41, 5.74) is 2.05. The van der Waals surface area contributed by atoms with Gasteiger partial charge in [0.2, 0.25) is 5.91 Å². The molecule has 35 heavy (non-hydrogen) atoms. The lowest BCUT2D eigenvalue weighted by Gasteiger charge is -2.22. The number of hydrogen-bond acceptors (Lipinski definition) is 7. The van der Waals surface area contributed by atoms with E-state index in [1.807, 2.05) is 54.6 Å². The minimum Gasteiger partial charge on any atom is -0.495 e. The van der Waals surface area contributed by atoms with Crippen LogP contribution in [0.15, 0.2) is 82.8 Å². The second kappa shape index (κ2) is 11.8. The molecule has 2 heterocycles. The zero-order valence-corrected chi connectivity index (χ0v) is 20.1. The van der Waals surface area contributed by atoms with E-state index in [2.05, 4.69) is 15.6 Å². The van der Waals surface area contributed by atoms with Crippen LogP contribution in [0.25, 0.3) is 0 Å². The molecule has 0 saturated carbocycles. The predicted molar refractivity (Wildman–Crippen MR) is 135 cm³/mol. The van der Waals surface area contributed by atoms with Crippen molar-refractivity contribution in [2.75, 3.05) is 19.0 Å². The van der Waals surface area contributed by atoms with E-state index in [9.17, 15) is 9.59 Å². The van der Waals surface area contributed by atoms with Gasteiger partial charge in [-0.2, -0.15) is 0 Å². The first kappa shape index (κ1) is 24.0. The Bertz CT molecular complexity index is 1240. The van der Waals surface area contributed by atoms with Crippen molar-refractivity contribution in [1.29, 1.82) is 0 Å². The summed E-state index contributed by atoms with van der Waals surface area (Å²) < 4.78 is 10.6. The van der Waals surface area contributed by atoms with Gasteiger partial charge in [0.25, 0.3) is 5.91 Å². The molecule has 0 bridgehead atoms. The number of carbonyl (C=O) groups is 2. The number of ether oxygens (including phenoxy) is 1. The highest BCUT2D eigenvalue weighted by molar-refractivity contribution is 7.14. The van der Waals surface area contributed by atoms with E-state index in [-0.39, 0.29) is 24.8 Å². The minimum atomic E-state index is -0.239. The van der Waals surface area contributed by atoms with Crippen LogP contribution in [0.1, 0.15) is 28.2 Å². The number of furan rings is 1. The van der Waals surface area contributed by atoms with Gasteiger partial charge in [0.1, 0.15) is 17.2 Å². The summed E-state index contributed by atoms with van der Waals surface area (Å²) in [6, 6.07) is 20.7. The van der Waals surface area contributed by atoms with Crippen LogP contribution in [0.2, 0.25) is 0 Å². The lowest BCUT2D eigenvalue weighted by Crippen LogP contribution is -2.35. The molecule has 8 nitrogen and oxygen atoms in total. The second-order valence-electron chi connectivity index (χ2n) is 7.68. The van der Waals surface area contributed by atoms with Gasteiger partial charge < -0.3 is 24.7 Å². The number of nitrogens with one attached hydrogen (secondary N) is 2. The van der Waals surface area contributed by atoms with E-state index in [0.29, 0.717) is 35.4 Å². The number of hydrogen-bond donors (Lipinski definition) is 2. The summed E-state index contributed by atoms with van der Waals surface area (Å²) in [6.07, 6.45) is 1.72. The van der Waals surface area contributed by atoms with Gasteiger partial charge >= 0.3 is 0 Å². The zero-order valence-electron chi connectivity index (χ0n) is 19.3. The maximum Gasteiger partial charge on any atom is 0.273 e. The Hall–Kier alpha value is -4.11. The van der Waals surface area contributed by atoms with E-state index in [1.165, 1.54) is 11.3 Å². The average molecular weight is 491 g/mol. The summed E-state index contributed by atoms with van der Waals surface area (Å²) in [4.78, 5) is 31.9. The van der Waals surface area contributed by atoms with Gasteiger partial charge in [0.05, 0.1) is 25.6 Å². The third-order valence-electron chi connectivity index (χ3n) is 5.22. The Balaban J connectivity index is 1.43. The highest BCUT2D eigenvalue weighted by Crippen LogP contribution is 2.29. The average Bonchev–Trinajstić information content (AvgIpc) is 3.58. The van der Waals surface area contributed by atoms with Crippen molar-refractivity contribution in [2.24, 2.45) is 0 Å². The van der Waals surface area contributed by atoms with E-state index in [4.69, 9.17) is 9.15 Å². The molecule has 2 aromatic heterocycles. The predicted octanol–water partition coefficient (Wildman–Crippen LogP) is 4.84. The van der Waals surface area contributed by atoms with Gasteiger partial charge in [-0.05, 0) is 29.8 Å². The molecular formula is C26H26N4O4S. The Kier molecular flexibility index (Phi) is 8.13. The van der Waals surface area contributed by atoms with Gasteiger partial charge in [0, 0.05) is 24.9 Å². The van der Waals surface area contributed by atoms with Crippen molar-refractivity contribution in [3.8, 4) is 5.75 Å². The van der Waals surface area contributed by atoms with E-state index >= 15 is 0 Å². The number of amides is 2. The van der Waals surface area contributed by atoms with Crippen molar-refractivity contribution in [3.05, 3.63) is 95.4 Å². The van der Waals surface area contributed by atoms with Crippen LogP contribution in [-0.2, 0) is 17.9 Å². The first-order chi connectivity index (χ1) is 17.1. The van der Waals surface area contributed by atoms with Gasteiger partial charge in [-0.15, -0.1) is 11.3 Å². The lowest BCUT2D eigenvalue weighted by atomic mass is 10.2. The molecule has 0 fully saturated rings. The smallest absolute Gasteiger partial charge is 0.273 e. The molecule has 0 aliphatic rings. The summed E-state index contributed by atoms with van der Waals surface area (Å²) in [7, 11) is 1.60. The molecule has 0 spiro atoms. The molecule has 2 aromatic carbocycles. The van der Waals surface area contributed by atoms with E-state index in [1.54, 1.807) is 35.8 Å². The van der Waals surface area contributed by atoms with Crippen molar-refractivity contribution < 1.29 is 18.7 Å². The molecule has 180 valence electrons. The summed E-state index contributed by atoms with van der Waals surface area (Å²) in [6.45, 7) is 0.935. The fourth-order valence-corrected chi connectivity index (χ4v) is 4.13. The van der Waals surface area contributed by atoms with Gasteiger partial charge in [0.15, 0.2) is 5.13 Å². The Labute approximate surface area is 207 Å². The Morgan fingerprint density at radius 3 is 2.63 bits per heavy atom. The molecule has 0 saturated heterocycles. The number of para-hydroxylation sites is 2. The molecule has 0 aliphatic heterocycles. The number of thiazole rings is 1. The van der Waals surface area contributed by atoms with Crippen molar-refractivity contribution >= 4 is 34.0 Å². The van der Waals surface area contributed by atoms with Crippen LogP contribution in [0.4, 0.5) is 10.8 Å². The SMILES string of the molecule is COc1ccccc1Nc1nc(C(=O)N(CCC(=O)NCc2ccco2)Cc2ccccc2)cs1. The number of aromatic nitrogens is 1. The topological polar surface area (TPSA) is 96.7 Å². The third kappa shape index (κ3) is 6.70. The Morgan fingerprint density at radius 2 is 1.86 bits per heavy atom. The maximum absolute atomic E-state index is 13.4. The first-order valence-electron chi connectivity index (χ1n) is 11.1. The van der Waals surface area contributed by atoms with Crippen LogP contribution >= 0.6 is 11.3 Å². The first-order valence-corrected chi connectivity index (χ1v) is 12.0. The number of anilines is 2. The van der Waals surface area contributed by atoms with Gasteiger partial charge in [-0.25, -0.2) is 4.98 Å². The van der Waals surface area contributed by atoms with Crippen LogP contribution in [0, 0.1) is 0 Å². The van der Waals surface area contributed by atoms with Crippen LogP contribution < -0.4 is 15.4 Å². The molecule has 0 radical (unpaired) electrons. The molecule has 0 unspecified atom stereocenters. The van der Waals surface area contributed by atoms with Gasteiger partial charge in [-0.3, -0.25) is 9.59 Å². The zero-order chi connectivity index (χ0) is 24.5. The molecule has 2 N–H and O–H groups in total. The molecule has 4 rings (SSSR count). The fraction of sp³-hybridized carbons (Fsp3) is 0.192. The van der Waals surface area contributed by atoms with E-state index in [0.717, 1.165) is 11.3 Å².